The van der Waals surface area contributed by atoms with E-state index in [1.165, 1.54) is 11.9 Å². The highest BCUT2D eigenvalue weighted by Crippen LogP contribution is 2.31. The van der Waals surface area contributed by atoms with Gasteiger partial charge < -0.3 is 15.2 Å². The van der Waals surface area contributed by atoms with Gasteiger partial charge in [0.1, 0.15) is 29.7 Å². The molecule has 10 heteroatoms. The number of ether oxygens (including phenoxy) is 1. The summed E-state index contributed by atoms with van der Waals surface area (Å²) in [6, 6.07) is 12.2. The summed E-state index contributed by atoms with van der Waals surface area (Å²) in [7, 11) is 0. The van der Waals surface area contributed by atoms with E-state index in [9.17, 15) is 5.11 Å². The first-order valence-electron chi connectivity index (χ1n) is 12.7. The van der Waals surface area contributed by atoms with Crippen molar-refractivity contribution in [3.8, 4) is 11.5 Å². The molecule has 0 spiro atoms. The number of rotatable bonds is 7. The molecule has 1 fully saturated rings. The molecule has 1 aromatic carbocycles. The average molecular weight is 499 g/mol. The predicted octanol–water partition coefficient (Wildman–Crippen LogP) is 4.35. The van der Waals surface area contributed by atoms with E-state index >= 15 is 0 Å². The second-order valence-electron chi connectivity index (χ2n) is 9.59. The minimum absolute atomic E-state index is 0.201. The number of piperidine rings is 1. The van der Waals surface area contributed by atoms with E-state index < -0.39 is 0 Å². The van der Waals surface area contributed by atoms with E-state index in [0.29, 0.717) is 11.8 Å². The molecule has 1 saturated heterocycles. The number of aromatic nitrogens is 6. The molecule has 2 atom stereocenters. The number of anilines is 2. The van der Waals surface area contributed by atoms with E-state index in [1.807, 2.05) is 54.2 Å². The number of aliphatic hydroxyl groups excluding tert-OH is 1. The van der Waals surface area contributed by atoms with Crippen LogP contribution in [0.25, 0.3) is 11.2 Å². The molecule has 10 nitrogen and oxygen atoms in total. The quantitative estimate of drug-likeness (QED) is 0.341. The molecule has 4 aromatic heterocycles. The Bertz CT molecular complexity index is 1540. The number of fused-ring (bicyclic) bond motifs is 2. The van der Waals surface area contributed by atoms with Crippen LogP contribution in [0.5, 0.6) is 11.5 Å². The van der Waals surface area contributed by atoms with Crippen molar-refractivity contribution < 1.29 is 9.84 Å². The number of nitrogens with zero attached hydrogens (tertiary/aromatic N) is 7. The SMILES string of the molecule is CC[C@@H]1C[C@@H](O)CCN1Cc1ccn2ncnc(Nc3ccc(Oc4ccn5ncnc5c4)c(C)c3)c12. The van der Waals surface area contributed by atoms with Gasteiger partial charge in [0.25, 0.3) is 0 Å². The van der Waals surface area contributed by atoms with Gasteiger partial charge in [-0.25, -0.2) is 19.0 Å². The van der Waals surface area contributed by atoms with Crippen LogP contribution in [-0.4, -0.2) is 57.9 Å². The molecule has 5 heterocycles. The van der Waals surface area contributed by atoms with Crippen LogP contribution in [0, 0.1) is 6.92 Å². The Hall–Kier alpha value is -4.02. The molecule has 5 aromatic rings. The van der Waals surface area contributed by atoms with Crippen LogP contribution < -0.4 is 10.1 Å². The van der Waals surface area contributed by atoms with Crippen molar-refractivity contribution in [2.75, 3.05) is 11.9 Å². The lowest BCUT2D eigenvalue weighted by molar-refractivity contribution is 0.0359. The van der Waals surface area contributed by atoms with Crippen LogP contribution in [0.3, 0.4) is 0 Å². The highest BCUT2D eigenvalue weighted by atomic mass is 16.5. The summed E-state index contributed by atoms with van der Waals surface area (Å²) in [6.45, 7) is 5.89. The first-order valence-corrected chi connectivity index (χ1v) is 12.7. The first kappa shape index (κ1) is 23.4. The standard InChI is InChI=1S/C27H30N8O2/c1-3-21-13-22(36)7-9-33(21)15-19-6-10-35-26(19)27(29-17-31-35)32-20-4-5-24(18(2)12-20)37-23-8-11-34-25(14-23)28-16-30-34/h4-6,8,10-12,14,16-17,21-22,36H,3,7,9,13,15H2,1-2H3,(H,29,31,32)/t21-,22+/m1/s1. The van der Waals surface area contributed by atoms with E-state index in [4.69, 9.17) is 4.74 Å². The molecule has 37 heavy (non-hydrogen) atoms. The normalized spacial score (nSPS) is 18.5. The molecule has 190 valence electrons. The Morgan fingerprint density at radius 1 is 1.05 bits per heavy atom. The van der Waals surface area contributed by atoms with Gasteiger partial charge in [0.05, 0.1) is 6.10 Å². The lowest BCUT2D eigenvalue weighted by atomic mass is 9.97. The van der Waals surface area contributed by atoms with Crippen LogP contribution >= 0.6 is 0 Å². The van der Waals surface area contributed by atoms with Crippen molar-refractivity contribution in [1.82, 2.24) is 34.1 Å². The molecule has 6 rings (SSSR count). The molecule has 1 aliphatic rings. The molecule has 2 N–H and O–H groups in total. The molecule has 0 radical (unpaired) electrons. The maximum absolute atomic E-state index is 10.1. The monoisotopic (exact) mass is 498 g/mol. The van der Waals surface area contributed by atoms with Crippen LogP contribution in [-0.2, 0) is 6.54 Å². The van der Waals surface area contributed by atoms with E-state index in [-0.39, 0.29) is 6.10 Å². The van der Waals surface area contributed by atoms with Crippen molar-refractivity contribution >= 4 is 22.7 Å². The van der Waals surface area contributed by atoms with Gasteiger partial charge >= 0.3 is 0 Å². The summed E-state index contributed by atoms with van der Waals surface area (Å²) in [5.74, 6) is 2.23. The van der Waals surface area contributed by atoms with E-state index in [1.54, 1.807) is 10.8 Å². The zero-order chi connectivity index (χ0) is 25.4. The van der Waals surface area contributed by atoms with Crippen molar-refractivity contribution in [1.29, 1.82) is 0 Å². The smallest absolute Gasteiger partial charge is 0.158 e. The van der Waals surface area contributed by atoms with E-state index in [2.05, 4.69) is 43.4 Å². The van der Waals surface area contributed by atoms with Crippen molar-refractivity contribution in [3.05, 3.63) is 72.6 Å². The van der Waals surface area contributed by atoms with Gasteiger partial charge in [-0.3, -0.25) is 4.90 Å². The number of benzene rings is 1. The van der Waals surface area contributed by atoms with Crippen LogP contribution in [0.1, 0.15) is 37.3 Å². The lowest BCUT2D eigenvalue weighted by Gasteiger charge is -2.37. The number of pyridine rings is 1. The Morgan fingerprint density at radius 3 is 2.76 bits per heavy atom. The number of nitrogens with one attached hydrogen (secondary N) is 1. The average Bonchev–Trinajstić information content (AvgIpc) is 3.54. The topological polar surface area (TPSA) is 105 Å². The number of hydrogen-bond donors (Lipinski definition) is 2. The highest BCUT2D eigenvalue weighted by Gasteiger charge is 2.27. The number of likely N-dealkylation sites (tertiary alicyclic amines) is 1. The summed E-state index contributed by atoms with van der Waals surface area (Å²) >= 11 is 0. The first-order chi connectivity index (χ1) is 18.1. The van der Waals surface area contributed by atoms with Crippen molar-refractivity contribution in [2.45, 2.75) is 51.8 Å². The second kappa shape index (κ2) is 9.79. The predicted molar refractivity (Wildman–Crippen MR) is 140 cm³/mol. The second-order valence-corrected chi connectivity index (χ2v) is 9.59. The van der Waals surface area contributed by atoms with Gasteiger partial charge in [0.2, 0.25) is 0 Å². The van der Waals surface area contributed by atoms with Crippen LogP contribution in [0.2, 0.25) is 0 Å². The van der Waals surface area contributed by atoms with Crippen molar-refractivity contribution in [3.63, 3.8) is 0 Å². The minimum atomic E-state index is -0.201. The number of hydrogen-bond acceptors (Lipinski definition) is 8. The summed E-state index contributed by atoms with van der Waals surface area (Å²) in [6.07, 6.45) is 9.34. The third-order valence-corrected chi connectivity index (χ3v) is 7.11. The zero-order valence-corrected chi connectivity index (χ0v) is 20.9. The molecule has 0 unspecified atom stereocenters. The van der Waals surface area contributed by atoms with Crippen LogP contribution in [0.15, 0.2) is 61.4 Å². The van der Waals surface area contributed by atoms with E-state index in [0.717, 1.165) is 66.3 Å². The molecular formula is C27H30N8O2. The Balaban J connectivity index is 1.23. The molecule has 0 saturated carbocycles. The zero-order valence-electron chi connectivity index (χ0n) is 20.9. The highest BCUT2D eigenvalue weighted by molar-refractivity contribution is 5.76. The molecule has 0 amide bonds. The number of aliphatic hydroxyl groups is 1. The van der Waals surface area contributed by atoms with Gasteiger partial charge in [-0.1, -0.05) is 6.92 Å². The summed E-state index contributed by atoms with van der Waals surface area (Å²) < 4.78 is 9.69. The van der Waals surface area contributed by atoms with Gasteiger partial charge in [0, 0.05) is 43.3 Å². The Labute approximate surface area is 214 Å². The van der Waals surface area contributed by atoms with Crippen LogP contribution in [0.4, 0.5) is 11.5 Å². The molecular weight excluding hydrogens is 468 g/mol. The van der Waals surface area contributed by atoms with Crippen molar-refractivity contribution in [2.24, 2.45) is 0 Å². The summed E-state index contributed by atoms with van der Waals surface area (Å²) in [5, 5.41) is 22.1. The fourth-order valence-electron chi connectivity index (χ4n) is 5.13. The Kier molecular flexibility index (Phi) is 6.19. The maximum Gasteiger partial charge on any atom is 0.158 e. The largest absolute Gasteiger partial charge is 0.457 e. The van der Waals surface area contributed by atoms with Gasteiger partial charge in [0.15, 0.2) is 11.5 Å². The van der Waals surface area contributed by atoms with Gasteiger partial charge in [-0.2, -0.15) is 10.2 Å². The summed E-state index contributed by atoms with van der Waals surface area (Å²) in [4.78, 5) is 11.3. The van der Waals surface area contributed by atoms with Gasteiger partial charge in [-0.15, -0.1) is 0 Å². The third-order valence-electron chi connectivity index (χ3n) is 7.11. The third kappa shape index (κ3) is 4.73. The minimum Gasteiger partial charge on any atom is -0.457 e. The fraction of sp³-hybridized carbons (Fsp3) is 0.333. The molecule has 1 aliphatic heterocycles. The summed E-state index contributed by atoms with van der Waals surface area (Å²) in [5.41, 5.74) is 4.76. The maximum atomic E-state index is 10.1. The fourth-order valence-corrected chi connectivity index (χ4v) is 5.13. The Morgan fingerprint density at radius 2 is 1.89 bits per heavy atom. The molecule has 0 aliphatic carbocycles. The molecule has 0 bridgehead atoms. The lowest BCUT2D eigenvalue weighted by Crippen LogP contribution is -2.43. The number of aryl methyl sites for hydroxylation is 1. The van der Waals surface area contributed by atoms with Gasteiger partial charge in [-0.05, 0) is 67.6 Å².